The molecule has 1 aromatic rings. The predicted octanol–water partition coefficient (Wildman–Crippen LogP) is 2.51. The highest BCUT2D eigenvalue weighted by molar-refractivity contribution is 6.31. The molecule has 0 unspecified atom stereocenters. The number of nitrogens with one attached hydrogen (secondary N) is 1. The van der Waals surface area contributed by atoms with Gasteiger partial charge in [0.15, 0.2) is 0 Å². The highest BCUT2D eigenvalue weighted by Crippen LogP contribution is 2.09. The van der Waals surface area contributed by atoms with Crippen LogP contribution in [0.15, 0.2) is 12.3 Å². The summed E-state index contributed by atoms with van der Waals surface area (Å²) in [7, 11) is 0. The number of anilines is 1. The Morgan fingerprint density at radius 1 is 1.23 bits per heavy atom. The number of rotatable bonds is 3. The lowest BCUT2D eigenvalue weighted by Crippen LogP contribution is -1.97. The van der Waals surface area contributed by atoms with Crippen LogP contribution in [-0.2, 0) is 0 Å². The van der Waals surface area contributed by atoms with Crippen LogP contribution in [-0.4, -0.2) is 15.0 Å². The average molecular weight is 219 g/mol. The third-order valence-corrected chi connectivity index (χ3v) is 1.48. The van der Waals surface area contributed by atoms with Gasteiger partial charge in [0.2, 0.25) is 16.5 Å². The van der Waals surface area contributed by atoms with E-state index < -0.39 is 0 Å². The first kappa shape index (κ1) is 10.2. The van der Waals surface area contributed by atoms with Crippen LogP contribution >= 0.6 is 23.2 Å². The number of hydrogen-bond donors (Lipinski definition) is 1. The minimum absolute atomic E-state index is 0.0763. The average Bonchev–Trinajstić information content (AvgIpc) is 2.03. The molecule has 1 aromatic heterocycles. The number of hydrogen-bond acceptors (Lipinski definition) is 4. The molecule has 0 atom stereocenters. The van der Waals surface area contributed by atoms with Crippen LogP contribution < -0.4 is 5.32 Å². The lowest BCUT2D eigenvalue weighted by Gasteiger charge is -1.98. The SMILES string of the molecule is CCC=CNc1nc(Cl)nc(Cl)n1. The van der Waals surface area contributed by atoms with Crippen LogP contribution in [0.25, 0.3) is 0 Å². The highest BCUT2D eigenvalue weighted by atomic mass is 35.5. The van der Waals surface area contributed by atoms with Gasteiger partial charge in [-0.25, -0.2) is 0 Å². The van der Waals surface area contributed by atoms with E-state index in [0.29, 0.717) is 5.95 Å². The van der Waals surface area contributed by atoms with Crippen molar-refractivity contribution in [3.8, 4) is 0 Å². The lowest BCUT2D eigenvalue weighted by atomic mass is 10.5. The maximum absolute atomic E-state index is 5.55. The van der Waals surface area contributed by atoms with Crippen molar-refractivity contribution in [2.24, 2.45) is 0 Å². The van der Waals surface area contributed by atoms with Crippen LogP contribution in [0.2, 0.25) is 10.6 Å². The Morgan fingerprint density at radius 3 is 2.38 bits per heavy atom. The van der Waals surface area contributed by atoms with E-state index in [1.807, 2.05) is 13.0 Å². The second-order valence-corrected chi connectivity index (χ2v) is 2.83. The van der Waals surface area contributed by atoms with E-state index in [0.717, 1.165) is 6.42 Å². The molecule has 0 aliphatic heterocycles. The second-order valence-electron chi connectivity index (χ2n) is 2.15. The Balaban J connectivity index is 2.71. The van der Waals surface area contributed by atoms with Gasteiger partial charge in [-0.2, -0.15) is 15.0 Å². The van der Waals surface area contributed by atoms with Gasteiger partial charge >= 0.3 is 0 Å². The summed E-state index contributed by atoms with van der Waals surface area (Å²) in [5.41, 5.74) is 0. The highest BCUT2D eigenvalue weighted by Gasteiger charge is 1.99. The molecule has 0 radical (unpaired) electrons. The van der Waals surface area contributed by atoms with Crippen LogP contribution in [0.5, 0.6) is 0 Å². The van der Waals surface area contributed by atoms with Gasteiger partial charge < -0.3 is 5.32 Å². The molecule has 0 aliphatic rings. The van der Waals surface area contributed by atoms with Crippen molar-refractivity contribution in [3.63, 3.8) is 0 Å². The van der Waals surface area contributed by atoms with Gasteiger partial charge in [-0.3, -0.25) is 0 Å². The van der Waals surface area contributed by atoms with Crippen LogP contribution in [0.4, 0.5) is 5.95 Å². The molecule has 70 valence electrons. The molecule has 0 saturated carbocycles. The van der Waals surface area contributed by atoms with Crippen LogP contribution in [0, 0.1) is 0 Å². The summed E-state index contributed by atoms with van der Waals surface area (Å²) in [6.07, 6.45) is 4.58. The Labute approximate surface area is 86.0 Å². The molecule has 6 heteroatoms. The minimum atomic E-state index is 0.0763. The summed E-state index contributed by atoms with van der Waals surface area (Å²) >= 11 is 11.1. The number of aromatic nitrogens is 3. The van der Waals surface area contributed by atoms with Gasteiger partial charge in [0.05, 0.1) is 0 Å². The molecule has 1 heterocycles. The Morgan fingerprint density at radius 2 is 1.85 bits per heavy atom. The van der Waals surface area contributed by atoms with E-state index in [-0.39, 0.29) is 10.6 Å². The standard InChI is InChI=1S/C7H8Cl2N4/c1-2-3-4-10-7-12-5(8)11-6(9)13-7/h3-4H,2H2,1H3,(H,10,11,12,13). The van der Waals surface area contributed by atoms with E-state index in [2.05, 4.69) is 20.3 Å². The summed E-state index contributed by atoms with van der Waals surface area (Å²) in [6, 6.07) is 0. The summed E-state index contributed by atoms with van der Waals surface area (Å²) in [6.45, 7) is 2.02. The molecule has 0 aromatic carbocycles. The lowest BCUT2D eigenvalue weighted by molar-refractivity contribution is 1.05. The molecular weight excluding hydrogens is 211 g/mol. The first-order valence-corrected chi connectivity index (χ1v) is 4.46. The third-order valence-electron chi connectivity index (χ3n) is 1.15. The molecule has 0 fully saturated rings. The second kappa shape index (κ2) is 4.99. The molecule has 0 spiro atoms. The molecular formula is C7H8Cl2N4. The van der Waals surface area contributed by atoms with E-state index in [4.69, 9.17) is 23.2 Å². The predicted molar refractivity (Wildman–Crippen MR) is 52.9 cm³/mol. The van der Waals surface area contributed by atoms with Gasteiger partial charge in [-0.05, 0) is 35.8 Å². The smallest absolute Gasteiger partial charge is 0.232 e. The topological polar surface area (TPSA) is 50.7 Å². The van der Waals surface area contributed by atoms with Crippen molar-refractivity contribution in [1.29, 1.82) is 0 Å². The molecule has 13 heavy (non-hydrogen) atoms. The molecule has 0 bridgehead atoms. The molecule has 0 amide bonds. The van der Waals surface area contributed by atoms with Gasteiger partial charge in [-0.15, -0.1) is 0 Å². The van der Waals surface area contributed by atoms with Crippen molar-refractivity contribution < 1.29 is 0 Å². The van der Waals surface area contributed by atoms with Crippen molar-refractivity contribution in [2.45, 2.75) is 13.3 Å². The van der Waals surface area contributed by atoms with Crippen molar-refractivity contribution in [2.75, 3.05) is 5.32 Å². The largest absolute Gasteiger partial charge is 0.331 e. The molecule has 0 aliphatic carbocycles. The van der Waals surface area contributed by atoms with Crippen molar-refractivity contribution in [1.82, 2.24) is 15.0 Å². The number of allylic oxidation sites excluding steroid dienone is 1. The minimum Gasteiger partial charge on any atom is -0.331 e. The Kier molecular flexibility index (Phi) is 3.92. The Bertz CT molecular complexity index is 293. The van der Waals surface area contributed by atoms with Gasteiger partial charge in [-0.1, -0.05) is 13.0 Å². The Hall–Kier alpha value is -0.870. The van der Waals surface area contributed by atoms with Crippen molar-refractivity contribution in [3.05, 3.63) is 22.8 Å². The third kappa shape index (κ3) is 3.57. The fraction of sp³-hybridized carbons (Fsp3) is 0.286. The van der Waals surface area contributed by atoms with E-state index >= 15 is 0 Å². The zero-order chi connectivity index (χ0) is 9.68. The molecule has 4 nitrogen and oxygen atoms in total. The van der Waals surface area contributed by atoms with Gasteiger partial charge in [0.25, 0.3) is 0 Å². The fourth-order valence-corrected chi connectivity index (χ4v) is 1.01. The van der Waals surface area contributed by atoms with E-state index in [9.17, 15) is 0 Å². The van der Waals surface area contributed by atoms with Crippen LogP contribution in [0.1, 0.15) is 13.3 Å². The summed E-state index contributed by atoms with van der Waals surface area (Å²) in [5.74, 6) is 0.342. The monoisotopic (exact) mass is 218 g/mol. The van der Waals surface area contributed by atoms with Gasteiger partial charge in [0, 0.05) is 0 Å². The molecule has 1 rings (SSSR count). The van der Waals surface area contributed by atoms with E-state index in [1.165, 1.54) is 0 Å². The first-order chi connectivity index (χ1) is 6.22. The summed E-state index contributed by atoms with van der Waals surface area (Å²) in [4.78, 5) is 11.2. The normalized spacial score (nSPS) is 10.7. The maximum Gasteiger partial charge on any atom is 0.232 e. The first-order valence-electron chi connectivity index (χ1n) is 3.71. The maximum atomic E-state index is 5.55. The summed E-state index contributed by atoms with van der Waals surface area (Å²) in [5, 5.41) is 2.97. The van der Waals surface area contributed by atoms with Crippen molar-refractivity contribution >= 4 is 29.2 Å². The molecule has 1 N–H and O–H groups in total. The zero-order valence-corrected chi connectivity index (χ0v) is 8.47. The number of halogens is 2. The quantitative estimate of drug-likeness (QED) is 0.848. The van der Waals surface area contributed by atoms with E-state index in [1.54, 1.807) is 6.20 Å². The van der Waals surface area contributed by atoms with Crippen LogP contribution in [0.3, 0.4) is 0 Å². The number of nitrogens with zero attached hydrogens (tertiary/aromatic N) is 3. The zero-order valence-electron chi connectivity index (χ0n) is 6.96. The van der Waals surface area contributed by atoms with Gasteiger partial charge in [0.1, 0.15) is 0 Å². The summed E-state index contributed by atoms with van der Waals surface area (Å²) < 4.78 is 0. The molecule has 0 saturated heterocycles. The fourth-order valence-electron chi connectivity index (χ4n) is 0.642.